The monoisotopic (exact) mass is 230 g/mol. The fourth-order valence-electron chi connectivity index (χ4n) is 1.41. The van der Waals surface area contributed by atoms with Gasteiger partial charge in [0.25, 0.3) is 0 Å². The molecule has 1 N–H and O–H groups in total. The Morgan fingerprint density at radius 2 is 1.88 bits per heavy atom. The van der Waals surface area contributed by atoms with E-state index in [0.717, 1.165) is 6.07 Å². The maximum atomic E-state index is 13.5. The zero-order chi connectivity index (χ0) is 12.3. The van der Waals surface area contributed by atoms with Crippen LogP contribution in [0.15, 0.2) is 42.5 Å². The summed E-state index contributed by atoms with van der Waals surface area (Å²) >= 11 is 0. The second kappa shape index (κ2) is 4.62. The Balaban J connectivity index is 2.28. The first-order valence-electron chi connectivity index (χ1n) is 4.91. The van der Waals surface area contributed by atoms with E-state index in [1.54, 1.807) is 6.07 Å². The molecule has 0 aliphatic heterocycles. The molecule has 0 amide bonds. The summed E-state index contributed by atoms with van der Waals surface area (Å²) in [7, 11) is 0. The molecule has 2 nitrogen and oxygen atoms in total. The molecule has 0 radical (unpaired) electrons. The predicted molar refractivity (Wildman–Crippen MR) is 60.8 cm³/mol. The van der Waals surface area contributed by atoms with Crippen molar-refractivity contribution in [3.05, 3.63) is 59.7 Å². The molecule has 2 rings (SSSR count). The number of rotatable bonds is 2. The topological polar surface area (TPSA) is 35.8 Å². The van der Waals surface area contributed by atoms with E-state index < -0.39 is 11.6 Å². The van der Waals surface area contributed by atoms with Gasteiger partial charge in [-0.25, -0.2) is 8.78 Å². The summed E-state index contributed by atoms with van der Waals surface area (Å²) < 4.78 is 26.4. The summed E-state index contributed by atoms with van der Waals surface area (Å²) in [6.07, 6.45) is 0. The first kappa shape index (κ1) is 11.1. The van der Waals surface area contributed by atoms with Gasteiger partial charge >= 0.3 is 0 Å². The average Bonchev–Trinajstić information content (AvgIpc) is 2.32. The molecule has 0 saturated carbocycles. The van der Waals surface area contributed by atoms with Crippen LogP contribution in [0.25, 0.3) is 0 Å². The maximum Gasteiger partial charge on any atom is 0.147 e. The molecular weight excluding hydrogens is 222 g/mol. The Morgan fingerprint density at radius 3 is 2.53 bits per heavy atom. The molecule has 0 aliphatic carbocycles. The van der Waals surface area contributed by atoms with Crippen molar-refractivity contribution in [3.8, 4) is 6.07 Å². The van der Waals surface area contributed by atoms with Crippen LogP contribution in [0.4, 0.5) is 20.2 Å². The van der Waals surface area contributed by atoms with Crippen LogP contribution in [0, 0.1) is 23.0 Å². The highest BCUT2D eigenvalue weighted by molar-refractivity contribution is 5.61. The van der Waals surface area contributed by atoms with E-state index in [0.29, 0.717) is 5.69 Å². The summed E-state index contributed by atoms with van der Waals surface area (Å²) in [6.45, 7) is 0. The van der Waals surface area contributed by atoms with Crippen LogP contribution >= 0.6 is 0 Å². The van der Waals surface area contributed by atoms with Crippen molar-refractivity contribution in [1.82, 2.24) is 0 Å². The molecule has 84 valence electrons. The first-order chi connectivity index (χ1) is 8.19. The van der Waals surface area contributed by atoms with Crippen molar-refractivity contribution in [3.63, 3.8) is 0 Å². The number of nitriles is 1. The third-order valence-corrected chi connectivity index (χ3v) is 2.20. The lowest BCUT2D eigenvalue weighted by Crippen LogP contribution is -1.94. The Kier molecular flexibility index (Phi) is 3.01. The summed E-state index contributed by atoms with van der Waals surface area (Å²) in [5.41, 5.74) is 0.899. The number of benzene rings is 2. The number of hydrogen-bond donors (Lipinski definition) is 1. The smallest absolute Gasteiger partial charge is 0.147 e. The number of nitrogens with one attached hydrogen (secondary N) is 1. The average molecular weight is 230 g/mol. The number of anilines is 2. The second-order valence-corrected chi connectivity index (χ2v) is 3.44. The van der Waals surface area contributed by atoms with Crippen LogP contribution in [0.2, 0.25) is 0 Å². The summed E-state index contributed by atoms with van der Waals surface area (Å²) in [6, 6.07) is 11.6. The van der Waals surface area contributed by atoms with Crippen LogP contribution in [-0.4, -0.2) is 0 Å². The van der Waals surface area contributed by atoms with Gasteiger partial charge in [-0.2, -0.15) is 5.26 Å². The SMILES string of the molecule is N#Cc1ccc(Nc2cccc(F)c2)c(F)c1. The van der Waals surface area contributed by atoms with Crippen molar-refractivity contribution in [2.75, 3.05) is 5.32 Å². The third-order valence-electron chi connectivity index (χ3n) is 2.20. The molecule has 2 aromatic rings. The standard InChI is InChI=1S/C13H8F2N2/c14-10-2-1-3-11(7-10)17-13-5-4-9(8-16)6-12(13)15/h1-7,17H. The lowest BCUT2D eigenvalue weighted by atomic mass is 10.2. The second-order valence-electron chi connectivity index (χ2n) is 3.44. The van der Waals surface area contributed by atoms with Crippen LogP contribution in [0.3, 0.4) is 0 Å². The minimum Gasteiger partial charge on any atom is -0.353 e. The lowest BCUT2D eigenvalue weighted by molar-refractivity contribution is 0.626. The number of hydrogen-bond acceptors (Lipinski definition) is 2. The molecule has 0 saturated heterocycles. The van der Waals surface area contributed by atoms with Gasteiger partial charge in [0.2, 0.25) is 0 Å². The van der Waals surface area contributed by atoms with Crippen LogP contribution in [0.1, 0.15) is 5.56 Å². The minimum absolute atomic E-state index is 0.203. The lowest BCUT2D eigenvalue weighted by Gasteiger charge is -2.07. The van der Waals surface area contributed by atoms with E-state index in [1.165, 1.54) is 30.3 Å². The van der Waals surface area contributed by atoms with E-state index >= 15 is 0 Å². The van der Waals surface area contributed by atoms with Gasteiger partial charge in [-0.05, 0) is 36.4 Å². The predicted octanol–water partition coefficient (Wildman–Crippen LogP) is 3.58. The minimum atomic E-state index is -0.548. The van der Waals surface area contributed by atoms with Crippen LogP contribution < -0.4 is 5.32 Å². The van der Waals surface area contributed by atoms with Gasteiger partial charge in [-0.3, -0.25) is 0 Å². The normalized spacial score (nSPS) is 9.71. The van der Waals surface area contributed by atoms with E-state index in [4.69, 9.17) is 5.26 Å². The van der Waals surface area contributed by atoms with Gasteiger partial charge < -0.3 is 5.32 Å². The highest BCUT2D eigenvalue weighted by Crippen LogP contribution is 2.21. The van der Waals surface area contributed by atoms with Crippen molar-refractivity contribution >= 4 is 11.4 Å². The summed E-state index contributed by atoms with van der Waals surface area (Å²) in [4.78, 5) is 0. The molecule has 4 heteroatoms. The Morgan fingerprint density at radius 1 is 1.06 bits per heavy atom. The van der Waals surface area contributed by atoms with Gasteiger partial charge in [-0.15, -0.1) is 0 Å². The Bertz CT molecular complexity index is 588. The molecule has 2 aromatic carbocycles. The summed E-state index contributed by atoms with van der Waals surface area (Å²) in [5.74, 6) is -0.947. The molecule has 0 unspecified atom stereocenters. The van der Waals surface area contributed by atoms with Crippen LogP contribution in [-0.2, 0) is 0 Å². The van der Waals surface area contributed by atoms with Gasteiger partial charge in [0, 0.05) is 5.69 Å². The highest BCUT2D eigenvalue weighted by Gasteiger charge is 2.04. The molecule has 17 heavy (non-hydrogen) atoms. The van der Waals surface area contributed by atoms with E-state index in [-0.39, 0.29) is 11.3 Å². The molecule has 0 aromatic heterocycles. The zero-order valence-corrected chi connectivity index (χ0v) is 8.74. The Labute approximate surface area is 97.1 Å². The van der Waals surface area contributed by atoms with Gasteiger partial charge in [0.15, 0.2) is 0 Å². The quantitative estimate of drug-likeness (QED) is 0.855. The highest BCUT2D eigenvalue weighted by atomic mass is 19.1. The van der Waals surface area contributed by atoms with E-state index in [9.17, 15) is 8.78 Å². The fraction of sp³-hybridized carbons (Fsp3) is 0. The fourth-order valence-corrected chi connectivity index (χ4v) is 1.41. The largest absolute Gasteiger partial charge is 0.353 e. The van der Waals surface area contributed by atoms with Crippen molar-refractivity contribution in [2.24, 2.45) is 0 Å². The molecule has 0 fully saturated rings. The van der Waals surface area contributed by atoms with Crippen molar-refractivity contribution in [1.29, 1.82) is 5.26 Å². The maximum absolute atomic E-state index is 13.5. The van der Waals surface area contributed by atoms with Crippen molar-refractivity contribution in [2.45, 2.75) is 0 Å². The molecule has 0 spiro atoms. The Hall–Kier alpha value is -2.41. The number of nitrogens with zero attached hydrogens (tertiary/aromatic N) is 1. The van der Waals surface area contributed by atoms with Gasteiger partial charge in [0.05, 0.1) is 17.3 Å². The van der Waals surface area contributed by atoms with E-state index in [2.05, 4.69) is 5.32 Å². The van der Waals surface area contributed by atoms with Crippen molar-refractivity contribution < 1.29 is 8.78 Å². The van der Waals surface area contributed by atoms with E-state index in [1.807, 2.05) is 6.07 Å². The molecule has 0 atom stereocenters. The van der Waals surface area contributed by atoms with Crippen LogP contribution in [0.5, 0.6) is 0 Å². The first-order valence-corrected chi connectivity index (χ1v) is 4.91. The van der Waals surface area contributed by atoms with Gasteiger partial charge in [-0.1, -0.05) is 6.07 Å². The van der Waals surface area contributed by atoms with Gasteiger partial charge in [0.1, 0.15) is 11.6 Å². The molecule has 0 bridgehead atoms. The third kappa shape index (κ3) is 2.58. The zero-order valence-electron chi connectivity index (χ0n) is 8.74. The number of halogens is 2. The summed E-state index contributed by atoms with van der Waals surface area (Å²) in [5, 5.41) is 11.3. The molecule has 0 heterocycles. The molecular formula is C13H8F2N2. The molecule has 0 aliphatic rings.